The number of hydrogen-bond acceptors (Lipinski definition) is 5. The second-order valence-electron chi connectivity index (χ2n) is 6.53. The van der Waals surface area contributed by atoms with E-state index in [0.29, 0.717) is 9.88 Å². The van der Waals surface area contributed by atoms with Crippen molar-refractivity contribution in [3.8, 4) is 0 Å². The van der Waals surface area contributed by atoms with Crippen LogP contribution >= 0.6 is 22.7 Å². The molecule has 0 aromatic carbocycles. The van der Waals surface area contributed by atoms with Gasteiger partial charge in [-0.15, -0.1) is 22.7 Å². The summed E-state index contributed by atoms with van der Waals surface area (Å²) >= 11 is 3.10. The molecule has 0 saturated carbocycles. The fourth-order valence-corrected chi connectivity index (χ4v) is 5.50. The fourth-order valence-electron chi connectivity index (χ4n) is 3.55. The summed E-state index contributed by atoms with van der Waals surface area (Å²) in [6.07, 6.45) is 3.26. The predicted molar refractivity (Wildman–Crippen MR) is 108 cm³/mol. The minimum atomic E-state index is -0.312. The van der Waals surface area contributed by atoms with Crippen molar-refractivity contribution in [3.05, 3.63) is 62.6 Å². The molecule has 1 aliphatic heterocycles. The van der Waals surface area contributed by atoms with Crippen LogP contribution in [0.2, 0.25) is 0 Å². The van der Waals surface area contributed by atoms with Gasteiger partial charge in [0, 0.05) is 11.4 Å². The Hall–Kier alpha value is -2.38. The number of thiophene rings is 2. The molecule has 0 spiro atoms. The van der Waals surface area contributed by atoms with Gasteiger partial charge in [-0.2, -0.15) is 0 Å². The molecule has 1 atom stereocenters. The van der Waals surface area contributed by atoms with E-state index in [1.165, 1.54) is 28.0 Å². The average molecular weight is 401 g/mol. The van der Waals surface area contributed by atoms with Gasteiger partial charge in [0.2, 0.25) is 0 Å². The molecule has 1 N–H and O–H groups in total. The first-order valence-electron chi connectivity index (χ1n) is 8.91. The van der Waals surface area contributed by atoms with Crippen molar-refractivity contribution >= 4 is 39.5 Å². The zero-order chi connectivity index (χ0) is 19.0. The summed E-state index contributed by atoms with van der Waals surface area (Å²) in [6.45, 7) is 4.76. The first-order valence-corrected chi connectivity index (χ1v) is 10.6. The van der Waals surface area contributed by atoms with Crippen LogP contribution in [0, 0.1) is 6.92 Å². The second kappa shape index (κ2) is 7.32. The lowest BCUT2D eigenvalue weighted by atomic mass is 9.97. The Morgan fingerprint density at radius 1 is 1.37 bits per heavy atom. The summed E-state index contributed by atoms with van der Waals surface area (Å²) in [6, 6.07) is 7.39. The Morgan fingerprint density at radius 3 is 2.96 bits per heavy atom. The van der Waals surface area contributed by atoms with Crippen LogP contribution in [0.15, 0.2) is 40.3 Å². The maximum absolute atomic E-state index is 13.3. The highest BCUT2D eigenvalue weighted by Gasteiger charge is 2.32. The first-order chi connectivity index (χ1) is 13.1. The molecule has 140 valence electrons. The Bertz CT molecular complexity index is 971. The van der Waals surface area contributed by atoms with E-state index in [1.807, 2.05) is 17.9 Å². The molecule has 3 aromatic heterocycles. The molecule has 4 heterocycles. The number of amides is 2. The van der Waals surface area contributed by atoms with Crippen LogP contribution in [0.5, 0.6) is 0 Å². The monoisotopic (exact) mass is 400 g/mol. The van der Waals surface area contributed by atoms with Crippen LogP contribution in [0.4, 0.5) is 5.00 Å². The van der Waals surface area contributed by atoms with E-state index < -0.39 is 0 Å². The molecule has 1 aliphatic rings. The van der Waals surface area contributed by atoms with Crippen LogP contribution < -0.4 is 5.32 Å². The maximum atomic E-state index is 13.3. The minimum absolute atomic E-state index is 0.0414. The number of hydrogen-bond donors (Lipinski definition) is 1. The molecular formula is C20H20N2O3S2. The van der Waals surface area contributed by atoms with Gasteiger partial charge >= 0.3 is 0 Å². The number of carbonyl (C=O) groups is 2. The maximum Gasteiger partial charge on any atom is 0.291 e. The molecule has 0 radical (unpaired) electrons. The number of anilines is 1. The van der Waals surface area contributed by atoms with Crippen LogP contribution in [-0.4, -0.2) is 23.3 Å². The molecule has 0 aliphatic carbocycles. The molecule has 0 unspecified atom stereocenters. The number of nitrogens with zero attached hydrogens (tertiary/aromatic N) is 1. The first kappa shape index (κ1) is 18.0. The zero-order valence-corrected chi connectivity index (χ0v) is 16.8. The highest BCUT2D eigenvalue weighted by atomic mass is 32.1. The van der Waals surface area contributed by atoms with Gasteiger partial charge in [0.05, 0.1) is 22.2 Å². The van der Waals surface area contributed by atoms with Gasteiger partial charge in [0.25, 0.3) is 11.8 Å². The van der Waals surface area contributed by atoms with Crippen molar-refractivity contribution in [1.29, 1.82) is 0 Å². The summed E-state index contributed by atoms with van der Waals surface area (Å²) in [5.74, 6) is -0.0201. The van der Waals surface area contributed by atoms with Crippen LogP contribution in [0.25, 0.3) is 0 Å². The summed E-state index contributed by atoms with van der Waals surface area (Å²) in [5.41, 5.74) is 2.16. The van der Waals surface area contributed by atoms with Gasteiger partial charge in [-0.1, -0.05) is 6.92 Å². The fraction of sp³-hybridized carbons (Fsp3) is 0.300. The van der Waals surface area contributed by atoms with Crippen LogP contribution in [0.1, 0.15) is 55.6 Å². The van der Waals surface area contributed by atoms with Gasteiger partial charge in [0.15, 0.2) is 5.76 Å². The number of furan rings is 1. The standard InChI is InChI=1S/C20H20N2O3S2/c1-3-14-13-7-10-26-16(13)6-8-22(14)20(24)18-12(2)11-17(27-18)21-19(23)15-5-4-9-25-15/h4-5,7,9-11,14H,3,6,8H2,1-2H3,(H,21,23)/t14-/m0/s1. The third kappa shape index (κ3) is 3.33. The SMILES string of the molecule is CC[C@H]1c2ccsc2CCN1C(=O)c1sc(NC(=O)c2ccco2)cc1C. The van der Waals surface area contributed by atoms with E-state index in [4.69, 9.17) is 4.42 Å². The Balaban J connectivity index is 1.56. The van der Waals surface area contributed by atoms with Gasteiger partial charge in [-0.25, -0.2) is 0 Å². The molecule has 0 saturated heterocycles. The normalized spacial score (nSPS) is 16.2. The average Bonchev–Trinajstić information content (AvgIpc) is 3.40. The highest BCUT2D eigenvalue weighted by molar-refractivity contribution is 7.18. The molecule has 3 aromatic rings. The minimum Gasteiger partial charge on any atom is -0.459 e. The summed E-state index contributed by atoms with van der Waals surface area (Å²) in [5, 5.41) is 5.58. The second-order valence-corrected chi connectivity index (χ2v) is 8.58. The largest absolute Gasteiger partial charge is 0.459 e. The molecule has 5 nitrogen and oxygen atoms in total. The number of rotatable bonds is 4. The van der Waals surface area contributed by atoms with E-state index in [-0.39, 0.29) is 23.6 Å². The smallest absolute Gasteiger partial charge is 0.291 e. The zero-order valence-electron chi connectivity index (χ0n) is 15.2. The lowest BCUT2D eigenvalue weighted by Gasteiger charge is -2.35. The predicted octanol–water partition coefficient (Wildman–Crippen LogP) is 5.11. The molecule has 7 heteroatoms. The third-order valence-electron chi connectivity index (χ3n) is 4.84. The van der Waals surface area contributed by atoms with E-state index in [1.54, 1.807) is 23.5 Å². The van der Waals surface area contributed by atoms with E-state index in [9.17, 15) is 9.59 Å². The van der Waals surface area contributed by atoms with Crippen molar-refractivity contribution < 1.29 is 14.0 Å². The Labute approximate surface area is 165 Å². The number of fused-ring (bicyclic) bond motifs is 1. The topological polar surface area (TPSA) is 62.6 Å². The summed E-state index contributed by atoms with van der Waals surface area (Å²) in [4.78, 5) is 29.5. The number of nitrogens with one attached hydrogen (secondary N) is 1. The molecule has 2 amide bonds. The number of aryl methyl sites for hydroxylation is 1. The van der Waals surface area contributed by atoms with Crippen molar-refractivity contribution in [1.82, 2.24) is 4.90 Å². The Kier molecular flexibility index (Phi) is 4.88. The lowest BCUT2D eigenvalue weighted by Crippen LogP contribution is -2.39. The summed E-state index contributed by atoms with van der Waals surface area (Å²) in [7, 11) is 0. The van der Waals surface area contributed by atoms with Crippen molar-refractivity contribution in [2.45, 2.75) is 32.7 Å². The van der Waals surface area contributed by atoms with Crippen LogP contribution in [-0.2, 0) is 6.42 Å². The molecular weight excluding hydrogens is 380 g/mol. The summed E-state index contributed by atoms with van der Waals surface area (Å²) < 4.78 is 5.12. The highest BCUT2D eigenvalue weighted by Crippen LogP contribution is 2.38. The van der Waals surface area contributed by atoms with Gasteiger partial charge in [-0.3, -0.25) is 9.59 Å². The van der Waals surface area contributed by atoms with Crippen molar-refractivity contribution in [3.63, 3.8) is 0 Å². The van der Waals surface area contributed by atoms with Crippen LogP contribution in [0.3, 0.4) is 0 Å². The third-order valence-corrected chi connectivity index (χ3v) is 6.97. The van der Waals surface area contributed by atoms with E-state index in [0.717, 1.165) is 24.9 Å². The van der Waals surface area contributed by atoms with Crippen molar-refractivity contribution in [2.24, 2.45) is 0 Å². The molecule has 0 bridgehead atoms. The van der Waals surface area contributed by atoms with E-state index in [2.05, 4.69) is 23.7 Å². The van der Waals surface area contributed by atoms with Gasteiger partial charge in [-0.05, 0) is 60.5 Å². The molecule has 27 heavy (non-hydrogen) atoms. The molecule has 0 fully saturated rings. The quantitative estimate of drug-likeness (QED) is 0.662. The molecule has 4 rings (SSSR count). The van der Waals surface area contributed by atoms with Gasteiger partial charge in [0.1, 0.15) is 0 Å². The lowest BCUT2D eigenvalue weighted by molar-refractivity contribution is 0.0661. The Morgan fingerprint density at radius 2 is 2.22 bits per heavy atom. The van der Waals surface area contributed by atoms with Crippen molar-refractivity contribution in [2.75, 3.05) is 11.9 Å². The number of carbonyl (C=O) groups excluding carboxylic acids is 2. The van der Waals surface area contributed by atoms with E-state index >= 15 is 0 Å². The van der Waals surface area contributed by atoms with Gasteiger partial charge < -0.3 is 14.6 Å².